The fourth-order valence-corrected chi connectivity index (χ4v) is 3.64. The number of nitrogens with zero attached hydrogens (tertiary/aromatic N) is 3. The summed E-state index contributed by atoms with van der Waals surface area (Å²) in [6.45, 7) is 5.94. The molecule has 2 aromatic carbocycles. The third kappa shape index (κ3) is 4.83. The number of phenols is 1. The predicted octanol–water partition coefficient (Wildman–Crippen LogP) is 3.99. The second-order valence-electron chi connectivity index (χ2n) is 6.48. The van der Waals surface area contributed by atoms with Gasteiger partial charge in [0.05, 0.1) is 5.25 Å². The maximum atomic E-state index is 12.6. The van der Waals surface area contributed by atoms with Crippen LogP contribution in [0, 0.1) is 0 Å². The van der Waals surface area contributed by atoms with E-state index < -0.39 is 5.25 Å². The van der Waals surface area contributed by atoms with Crippen molar-refractivity contribution in [2.45, 2.75) is 37.7 Å². The highest BCUT2D eigenvalue weighted by molar-refractivity contribution is 8.00. The summed E-state index contributed by atoms with van der Waals surface area (Å²) in [4.78, 5) is 23.9. The number of carbonyl (C=O) groups is 2. The summed E-state index contributed by atoms with van der Waals surface area (Å²) >= 11 is 1.32. The zero-order chi connectivity index (χ0) is 21.0. The Morgan fingerprint density at radius 2 is 1.76 bits per heavy atom. The molecule has 1 unspecified atom stereocenters. The summed E-state index contributed by atoms with van der Waals surface area (Å²) in [5, 5.41) is 21.1. The molecule has 0 aliphatic carbocycles. The Morgan fingerprint density at radius 1 is 1.10 bits per heavy atom. The molecular formula is C21H22N4O3S. The molecule has 29 heavy (non-hydrogen) atoms. The third-order valence-corrected chi connectivity index (χ3v) is 5.45. The Bertz CT molecular complexity index is 1010. The zero-order valence-corrected chi connectivity index (χ0v) is 17.2. The van der Waals surface area contributed by atoms with Crippen LogP contribution in [0.1, 0.15) is 31.1 Å². The van der Waals surface area contributed by atoms with Gasteiger partial charge in [-0.2, -0.15) is 0 Å². The van der Waals surface area contributed by atoms with E-state index in [9.17, 15) is 14.7 Å². The topological polar surface area (TPSA) is 97.1 Å². The summed E-state index contributed by atoms with van der Waals surface area (Å²) in [6.07, 6.45) is 0. The van der Waals surface area contributed by atoms with Gasteiger partial charge in [0, 0.05) is 23.4 Å². The van der Waals surface area contributed by atoms with Gasteiger partial charge in [0.1, 0.15) is 5.75 Å². The second-order valence-corrected chi connectivity index (χ2v) is 7.79. The number of nitrogens with one attached hydrogen (secondary N) is 1. The van der Waals surface area contributed by atoms with Crippen LogP contribution in [0.3, 0.4) is 0 Å². The summed E-state index contributed by atoms with van der Waals surface area (Å²) in [6, 6.07) is 13.6. The first-order valence-corrected chi connectivity index (χ1v) is 10.1. The average molecular weight is 410 g/mol. The van der Waals surface area contributed by atoms with Gasteiger partial charge >= 0.3 is 0 Å². The molecule has 2 N–H and O–H groups in total. The maximum Gasteiger partial charge on any atom is 0.237 e. The van der Waals surface area contributed by atoms with E-state index in [-0.39, 0.29) is 17.4 Å². The molecule has 0 bridgehead atoms. The van der Waals surface area contributed by atoms with Gasteiger partial charge in [-0.15, -0.1) is 10.2 Å². The van der Waals surface area contributed by atoms with E-state index >= 15 is 0 Å². The monoisotopic (exact) mass is 410 g/mol. The highest BCUT2D eigenvalue weighted by Crippen LogP contribution is 2.28. The number of aromatic nitrogens is 3. The highest BCUT2D eigenvalue weighted by atomic mass is 32.2. The molecule has 0 saturated heterocycles. The summed E-state index contributed by atoms with van der Waals surface area (Å²) in [5.41, 5.74) is 2.07. The number of Topliss-reactive ketones (excluding diaryl/α,β-unsaturated/α-hetero) is 1. The molecular weight excluding hydrogens is 388 g/mol. The van der Waals surface area contributed by atoms with Crippen LogP contribution in [0.4, 0.5) is 5.69 Å². The summed E-state index contributed by atoms with van der Waals surface area (Å²) < 4.78 is 1.93. The number of phenolic OH excluding ortho intramolecular Hbond substituents is 1. The first kappa shape index (κ1) is 20.6. The van der Waals surface area contributed by atoms with Crippen LogP contribution in [0.25, 0.3) is 11.4 Å². The number of hydrogen-bond acceptors (Lipinski definition) is 6. The SMILES string of the molecule is CCn1c(SC(C)C(=O)Nc2ccc(C(C)=O)cc2)nnc1-c1ccc(O)cc1. The van der Waals surface area contributed by atoms with Crippen molar-refractivity contribution in [3.63, 3.8) is 0 Å². The quantitative estimate of drug-likeness (QED) is 0.451. The molecule has 3 rings (SSSR count). The number of carbonyl (C=O) groups excluding carboxylic acids is 2. The number of aromatic hydroxyl groups is 1. The molecule has 0 radical (unpaired) electrons. The van der Waals surface area contributed by atoms with Gasteiger partial charge in [0.2, 0.25) is 5.91 Å². The van der Waals surface area contributed by atoms with Gasteiger partial charge in [0.25, 0.3) is 0 Å². The first-order chi connectivity index (χ1) is 13.9. The Labute approximate surface area is 173 Å². The molecule has 0 fully saturated rings. The van der Waals surface area contributed by atoms with E-state index in [4.69, 9.17) is 0 Å². The Kier molecular flexibility index (Phi) is 6.33. The minimum absolute atomic E-state index is 0.0184. The molecule has 1 atom stereocenters. The molecule has 150 valence electrons. The largest absolute Gasteiger partial charge is 0.508 e. The van der Waals surface area contributed by atoms with E-state index in [0.717, 1.165) is 5.56 Å². The fourth-order valence-electron chi connectivity index (χ4n) is 2.73. The van der Waals surface area contributed by atoms with Crippen LogP contribution >= 0.6 is 11.8 Å². The van der Waals surface area contributed by atoms with Gasteiger partial charge < -0.3 is 15.0 Å². The molecule has 7 nitrogen and oxygen atoms in total. The number of amides is 1. The minimum Gasteiger partial charge on any atom is -0.508 e. The van der Waals surface area contributed by atoms with Crippen LogP contribution < -0.4 is 5.32 Å². The lowest BCUT2D eigenvalue weighted by Gasteiger charge is -2.13. The van der Waals surface area contributed by atoms with Gasteiger partial charge in [-0.25, -0.2) is 0 Å². The second kappa shape index (κ2) is 8.91. The minimum atomic E-state index is -0.398. The smallest absolute Gasteiger partial charge is 0.237 e. The molecule has 8 heteroatoms. The van der Waals surface area contributed by atoms with Crippen LogP contribution in [-0.2, 0) is 11.3 Å². The van der Waals surface area contributed by atoms with Crippen LogP contribution in [0.15, 0.2) is 53.7 Å². The van der Waals surface area contributed by atoms with E-state index in [1.54, 1.807) is 55.5 Å². The van der Waals surface area contributed by atoms with Crippen molar-refractivity contribution in [3.8, 4) is 17.1 Å². The normalized spacial score (nSPS) is 11.8. The molecule has 0 spiro atoms. The van der Waals surface area contributed by atoms with E-state index in [1.807, 2.05) is 11.5 Å². The summed E-state index contributed by atoms with van der Waals surface area (Å²) in [5.74, 6) is 0.688. The van der Waals surface area contributed by atoms with Gasteiger partial charge in [-0.1, -0.05) is 11.8 Å². The number of anilines is 1. The van der Waals surface area contributed by atoms with Gasteiger partial charge in [-0.3, -0.25) is 9.59 Å². The van der Waals surface area contributed by atoms with Crippen LogP contribution in [0.2, 0.25) is 0 Å². The van der Waals surface area contributed by atoms with Crippen molar-refractivity contribution in [1.82, 2.24) is 14.8 Å². The molecule has 1 heterocycles. The van der Waals surface area contributed by atoms with Crippen molar-refractivity contribution < 1.29 is 14.7 Å². The molecule has 0 aliphatic rings. The third-order valence-electron chi connectivity index (χ3n) is 4.37. The number of rotatable bonds is 7. The van der Waals surface area contributed by atoms with E-state index in [1.165, 1.54) is 18.7 Å². The van der Waals surface area contributed by atoms with Crippen molar-refractivity contribution in [2.75, 3.05) is 5.32 Å². The lowest BCUT2D eigenvalue weighted by atomic mass is 10.1. The highest BCUT2D eigenvalue weighted by Gasteiger charge is 2.20. The van der Waals surface area contributed by atoms with Gasteiger partial charge in [-0.05, 0) is 69.3 Å². The van der Waals surface area contributed by atoms with E-state index in [2.05, 4.69) is 15.5 Å². The number of benzene rings is 2. The van der Waals surface area contributed by atoms with Crippen molar-refractivity contribution in [1.29, 1.82) is 0 Å². The molecule has 1 amide bonds. The molecule has 0 saturated carbocycles. The number of ketones is 1. The molecule has 3 aromatic rings. The fraction of sp³-hybridized carbons (Fsp3) is 0.238. The average Bonchev–Trinajstić information content (AvgIpc) is 3.11. The number of thioether (sulfide) groups is 1. The Balaban J connectivity index is 1.71. The standard InChI is InChI=1S/C21H22N4O3S/c1-4-25-19(16-7-11-18(27)12-8-16)23-24-21(25)29-14(3)20(28)22-17-9-5-15(6-10-17)13(2)26/h5-12,14,27H,4H2,1-3H3,(H,22,28). The first-order valence-electron chi connectivity index (χ1n) is 9.20. The van der Waals surface area contributed by atoms with E-state index in [0.29, 0.717) is 28.8 Å². The predicted molar refractivity (Wildman–Crippen MR) is 113 cm³/mol. The van der Waals surface area contributed by atoms with Crippen molar-refractivity contribution in [2.24, 2.45) is 0 Å². The Hall–Kier alpha value is -3.13. The summed E-state index contributed by atoms with van der Waals surface area (Å²) in [7, 11) is 0. The molecule has 1 aromatic heterocycles. The lowest BCUT2D eigenvalue weighted by Crippen LogP contribution is -2.23. The van der Waals surface area contributed by atoms with Crippen LogP contribution in [0.5, 0.6) is 5.75 Å². The van der Waals surface area contributed by atoms with Gasteiger partial charge in [0.15, 0.2) is 16.8 Å². The Morgan fingerprint density at radius 3 is 2.34 bits per heavy atom. The maximum absolute atomic E-state index is 12.6. The van der Waals surface area contributed by atoms with Crippen molar-refractivity contribution in [3.05, 3.63) is 54.1 Å². The number of hydrogen-bond donors (Lipinski definition) is 2. The lowest BCUT2D eigenvalue weighted by molar-refractivity contribution is -0.115. The zero-order valence-electron chi connectivity index (χ0n) is 16.4. The van der Waals surface area contributed by atoms with Crippen LogP contribution in [-0.4, -0.2) is 36.8 Å². The van der Waals surface area contributed by atoms with Crippen molar-refractivity contribution >= 4 is 29.1 Å². The molecule has 0 aliphatic heterocycles.